The van der Waals surface area contributed by atoms with Crippen LogP contribution in [0.1, 0.15) is 12.0 Å². The predicted octanol–water partition coefficient (Wildman–Crippen LogP) is 1.06. The molecule has 1 aliphatic heterocycles. The molecule has 2 N–H and O–H groups in total. The van der Waals surface area contributed by atoms with Crippen LogP contribution >= 0.6 is 0 Å². The Morgan fingerprint density at radius 2 is 2.36 bits per heavy atom. The monoisotopic (exact) mass is 187 g/mol. The van der Waals surface area contributed by atoms with Crippen LogP contribution in [0.2, 0.25) is 0 Å². The second-order valence-electron chi connectivity index (χ2n) is 2.97. The lowest BCUT2D eigenvalue weighted by Gasteiger charge is -1.97. The van der Waals surface area contributed by atoms with Gasteiger partial charge in [0.15, 0.2) is 5.82 Å². The molecule has 0 aromatic carbocycles. The van der Waals surface area contributed by atoms with Gasteiger partial charge in [0.2, 0.25) is 5.91 Å². The Hall–Kier alpha value is -1.97. The summed E-state index contributed by atoms with van der Waals surface area (Å²) < 4.78 is 0. The van der Waals surface area contributed by atoms with E-state index in [4.69, 9.17) is 5.73 Å². The largest absolute Gasteiger partial charge is 0.366 e. The van der Waals surface area contributed by atoms with Gasteiger partial charge in [-0.2, -0.15) is 0 Å². The maximum Gasteiger partial charge on any atom is 0.245 e. The minimum absolute atomic E-state index is 0.409. The van der Waals surface area contributed by atoms with Crippen molar-refractivity contribution in [2.75, 3.05) is 0 Å². The van der Waals surface area contributed by atoms with Gasteiger partial charge >= 0.3 is 0 Å². The molecule has 0 fully saturated rings. The Morgan fingerprint density at radius 3 is 3.14 bits per heavy atom. The van der Waals surface area contributed by atoms with Gasteiger partial charge in [-0.05, 0) is 18.2 Å². The summed E-state index contributed by atoms with van der Waals surface area (Å²) in [6.07, 6.45) is 5.51. The summed E-state index contributed by atoms with van der Waals surface area (Å²) in [5.41, 5.74) is 6.59. The lowest BCUT2D eigenvalue weighted by molar-refractivity contribution is -0.114. The quantitative estimate of drug-likeness (QED) is 0.714. The van der Waals surface area contributed by atoms with Crippen LogP contribution in [-0.2, 0) is 4.79 Å². The molecule has 4 heteroatoms. The van der Waals surface area contributed by atoms with Crippen molar-refractivity contribution >= 4 is 24.0 Å². The standard InChI is InChI=1S/C10H9N3O/c11-9(14)7-3-5-13-10-8(6-7)2-1-4-12-10/h1-2,4-6H,3H2,(H2,11,14). The molecule has 0 radical (unpaired) electrons. The number of hydrogen-bond acceptors (Lipinski definition) is 3. The molecule has 2 rings (SSSR count). The number of carbonyl (C=O) groups is 1. The van der Waals surface area contributed by atoms with E-state index in [1.165, 1.54) is 0 Å². The van der Waals surface area contributed by atoms with E-state index in [2.05, 4.69) is 9.98 Å². The molecule has 0 aliphatic carbocycles. The van der Waals surface area contributed by atoms with Gasteiger partial charge in [-0.25, -0.2) is 9.98 Å². The lowest BCUT2D eigenvalue weighted by Crippen LogP contribution is -2.13. The van der Waals surface area contributed by atoms with Gasteiger partial charge in [0.05, 0.1) is 0 Å². The second kappa shape index (κ2) is 3.41. The fraction of sp³-hybridized carbons (Fsp3) is 0.100. The molecule has 0 bridgehead atoms. The summed E-state index contributed by atoms with van der Waals surface area (Å²) in [6.45, 7) is 0. The molecule has 4 nitrogen and oxygen atoms in total. The highest BCUT2D eigenvalue weighted by Crippen LogP contribution is 2.21. The Kier molecular flexibility index (Phi) is 2.10. The van der Waals surface area contributed by atoms with Crippen LogP contribution < -0.4 is 5.73 Å². The zero-order chi connectivity index (χ0) is 9.97. The average Bonchev–Trinajstić information content (AvgIpc) is 2.39. The van der Waals surface area contributed by atoms with Crippen molar-refractivity contribution in [1.82, 2.24) is 4.98 Å². The van der Waals surface area contributed by atoms with Crippen molar-refractivity contribution in [3.05, 3.63) is 29.5 Å². The van der Waals surface area contributed by atoms with Crippen LogP contribution in [0.15, 0.2) is 28.9 Å². The van der Waals surface area contributed by atoms with Gasteiger partial charge < -0.3 is 5.73 Å². The third-order valence-corrected chi connectivity index (χ3v) is 1.99. The smallest absolute Gasteiger partial charge is 0.245 e. The Morgan fingerprint density at radius 1 is 1.50 bits per heavy atom. The van der Waals surface area contributed by atoms with Crippen LogP contribution in [-0.4, -0.2) is 17.1 Å². The molecule has 70 valence electrons. The molecule has 14 heavy (non-hydrogen) atoms. The zero-order valence-corrected chi connectivity index (χ0v) is 7.47. The van der Waals surface area contributed by atoms with Gasteiger partial charge in [0.1, 0.15) is 0 Å². The Bertz CT molecular complexity index is 435. The number of hydrogen-bond donors (Lipinski definition) is 1. The normalized spacial score (nSPS) is 14.1. The van der Waals surface area contributed by atoms with Crippen molar-refractivity contribution in [2.24, 2.45) is 10.7 Å². The van der Waals surface area contributed by atoms with Crippen molar-refractivity contribution in [1.29, 1.82) is 0 Å². The number of aromatic nitrogens is 1. The third kappa shape index (κ3) is 1.54. The van der Waals surface area contributed by atoms with Crippen molar-refractivity contribution in [2.45, 2.75) is 6.42 Å². The summed E-state index contributed by atoms with van der Waals surface area (Å²) in [7, 11) is 0. The summed E-state index contributed by atoms with van der Waals surface area (Å²) in [4.78, 5) is 19.2. The SMILES string of the molecule is NC(=O)C1=Cc2cccnc2N=CC1. The summed E-state index contributed by atoms with van der Waals surface area (Å²) in [5.74, 6) is 0.219. The average molecular weight is 187 g/mol. The number of primary amides is 1. The molecule has 1 aromatic rings. The number of pyridine rings is 1. The minimum Gasteiger partial charge on any atom is -0.366 e. The molecule has 0 saturated heterocycles. The molecule has 0 saturated carbocycles. The van der Waals surface area contributed by atoms with E-state index in [9.17, 15) is 4.79 Å². The molecular formula is C10H9N3O. The first-order chi connectivity index (χ1) is 6.77. The van der Waals surface area contributed by atoms with E-state index in [1.807, 2.05) is 6.07 Å². The number of aliphatic imine (C=N–C) groups is 1. The highest BCUT2D eigenvalue weighted by atomic mass is 16.1. The van der Waals surface area contributed by atoms with E-state index in [0.29, 0.717) is 17.8 Å². The predicted molar refractivity (Wildman–Crippen MR) is 54.2 cm³/mol. The Balaban J connectivity index is 2.52. The van der Waals surface area contributed by atoms with E-state index in [-0.39, 0.29) is 0 Å². The van der Waals surface area contributed by atoms with Crippen LogP contribution in [0.4, 0.5) is 5.82 Å². The van der Waals surface area contributed by atoms with Gasteiger partial charge in [-0.15, -0.1) is 0 Å². The van der Waals surface area contributed by atoms with Crippen molar-refractivity contribution < 1.29 is 4.79 Å². The summed E-state index contributed by atoms with van der Waals surface area (Å²) >= 11 is 0. The maximum atomic E-state index is 11.0. The zero-order valence-electron chi connectivity index (χ0n) is 7.47. The molecule has 0 spiro atoms. The first-order valence-electron chi connectivity index (χ1n) is 4.25. The van der Waals surface area contributed by atoms with E-state index >= 15 is 0 Å². The number of carbonyl (C=O) groups excluding carboxylic acids is 1. The molecule has 1 amide bonds. The van der Waals surface area contributed by atoms with Crippen LogP contribution in [0, 0.1) is 0 Å². The topological polar surface area (TPSA) is 68.3 Å². The second-order valence-corrected chi connectivity index (χ2v) is 2.97. The first kappa shape index (κ1) is 8.62. The Labute approximate surface area is 81.2 Å². The fourth-order valence-corrected chi connectivity index (χ4v) is 1.28. The maximum absolute atomic E-state index is 11.0. The van der Waals surface area contributed by atoms with Gasteiger partial charge in [0.25, 0.3) is 0 Å². The van der Waals surface area contributed by atoms with E-state index in [1.54, 1.807) is 24.6 Å². The van der Waals surface area contributed by atoms with Gasteiger partial charge in [-0.3, -0.25) is 4.79 Å². The van der Waals surface area contributed by atoms with Gasteiger partial charge in [0, 0.05) is 30.0 Å². The van der Waals surface area contributed by atoms with E-state index in [0.717, 1.165) is 5.56 Å². The van der Waals surface area contributed by atoms with Crippen LogP contribution in [0.3, 0.4) is 0 Å². The number of amides is 1. The van der Waals surface area contributed by atoms with Crippen molar-refractivity contribution in [3.8, 4) is 0 Å². The lowest BCUT2D eigenvalue weighted by atomic mass is 10.1. The fourth-order valence-electron chi connectivity index (χ4n) is 1.28. The molecular weight excluding hydrogens is 178 g/mol. The minimum atomic E-state index is -0.409. The highest BCUT2D eigenvalue weighted by Gasteiger charge is 2.09. The number of rotatable bonds is 1. The van der Waals surface area contributed by atoms with Crippen LogP contribution in [0.5, 0.6) is 0 Å². The highest BCUT2D eigenvalue weighted by molar-refractivity contribution is 6.01. The molecule has 2 heterocycles. The van der Waals surface area contributed by atoms with Crippen LogP contribution in [0.25, 0.3) is 6.08 Å². The number of nitrogens with zero attached hydrogens (tertiary/aromatic N) is 2. The molecule has 1 aliphatic rings. The molecule has 1 aromatic heterocycles. The number of fused-ring (bicyclic) bond motifs is 1. The summed E-state index contributed by atoms with van der Waals surface area (Å²) in [5, 5.41) is 0. The first-order valence-corrected chi connectivity index (χ1v) is 4.25. The summed E-state index contributed by atoms with van der Waals surface area (Å²) in [6, 6.07) is 3.66. The van der Waals surface area contributed by atoms with Gasteiger partial charge in [-0.1, -0.05) is 0 Å². The molecule has 0 unspecified atom stereocenters. The molecule has 0 atom stereocenters. The number of nitrogens with two attached hydrogens (primary N) is 1. The third-order valence-electron chi connectivity index (χ3n) is 1.99. The van der Waals surface area contributed by atoms with E-state index < -0.39 is 5.91 Å². The van der Waals surface area contributed by atoms with Crippen molar-refractivity contribution in [3.63, 3.8) is 0 Å².